The first-order valence-corrected chi connectivity index (χ1v) is 11.9. The van der Waals surface area contributed by atoms with E-state index in [1.807, 2.05) is 25.1 Å². The number of hydrogen-bond acceptors (Lipinski definition) is 3. The predicted octanol–water partition coefficient (Wildman–Crippen LogP) is 5.48. The van der Waals surface area contributed by atoms with Crippen molar-refractivity contribution >= 4 is 23.1 Å². The fourth-order valence-corrected chi connectivity index (χ4v) is 7.44. The molecule has 1 heterocycles. The number of carbonyl (C=O) groups is 2. The first-order valence-electron chi connectivity index (χ1n) is 11.9. The lowest BCUT2D eigenvalue weighted by Gasteiger charge is -2.57. The van der Waals surface area contributed by atoms with E-state index in [9.17, 15) is 9.59 Å². The lowest BCUT2D eigenvalue weighted by Crippen LogP contribution is -2.54. The van der Waals surface area contributed by atoms with Crippen molar-refractivity contribution in [1.82, 2.24) is 4.98 Å². The van der Waals surface area contributed by atoms with Gasteiger partial charge in [0.15, 0.2) is 5.78 Å². The molecule has 2 aromatic rings. The van der Waals surface area contributed by atoms with E-state index < -0.39 is 0 Å². The highest BCUT2D eigenvalue weighted by Gasteiger charge is 2.51. The number of anilines is 2. The molecule has 7 rings (SSSR count). The number of benzene rings is 1. The van der Waals surface area contributed by atoms with Crippen molar-refractivity contribution in [3.05, 3.63) is 46.8 Å². The van der Waals surface area contributed by atoms with Crippen LogP contribution in [0.15, 0.2) is 24.3 Å². The second-order valence-corrected chi connectivity index (χ2v) is 10.6. The van der Waals surface area contributed by atoms with E-state index in [2.05, 4.69) is 21.7 Å². The van der Waals surface area contributed by atoms with Gasteiger partial charge in [0.25, 0.3) is 5.91 Å². The second-order valence-electron chi connectivity index (χ2n) is 10.6. The summed E-state index contributed by atoms with van der Waals surface area (Å²) < 4.78 is 0. The van der Waals surface area contributed by atoms with Crippen LogP contribution in [0.3, 0.4) is 0 Å². The van der Waals surface area contributed by atoms with Crippen LogP contribution < -0.4 is 10.6 Å². The van der Waals surface area contributed by atoms with E-state index in [-0.39, 0.29) is 17.2 Å². The molecule has 1 amide bonds. The Morgan fingerprint density at radius 1 is 1.00 bits per heavy atom. The number of Topliss-reactive ketones (excluding diaryl/α,β-unsaturated/α-hetero) is 1. The average Bonchev–Trinajstić information content (AvgIpc) is 3.06. The summed E-state index contributed by atoms with van der Waals surface area (Å²) in [6, 6.07) is 8.07. The fraction of sp³-hybridized carbons (Fsp3) is 0.538. The molecule has 5 heteroatoms. The van der Waals surface area contributed by atoms with Crippen LogP contribution in [0.2, 0.25) is 0 Å². The van der Waals surface area contributed by atoms with Gasteiger partial charge in [-0.3, -0.25) is 9.59 Å². The van der Waals surface area contributed by atoms with Gasteiger partial charge in [0.1, 0.15) is 5.69 Å². The van der Waals surface area contributed by atoms with Crippen molar-refractivity contribution in [2.75, 3.05) is 10.6 Å². The van der Waals surface area contributed by atoms with Gasteiger partial charge in [-0.05, 0) is 93.7 Å². The van der Waals surface area contributed by atoms with Gasteiger partial charge in [-0.15, -0.1) is 0 Å². The smallest absolute Gasteiger partial charge is 0.272 e. The predicted molar refractivity (Wildman–Crippen MR) is 122 cm³/mol. The zero-order chi connectivity index (χ0) is 21.2. The summed E-state index contributed by atoms with van der Waals surface area (Å²) in [6.07, 6.45) is 10.3. The summed E-state index contributed by atoms with van der Waals surface area (Å²) in [7, 11) is 0. The molecule has 5 nitrogen and oxygen atoms in total. The quantitative estimate of drug-likeness (QED) is 0.617. The maximum absolute atomic E-state index is 13.2. The number of para-hydroxylation sites is 2. The van der Waals surface area contributed by atoms with E-state index in [1.54, 1.807) is 0 Å². The molecule has 0 radical (unpaired) electrons. The highest BCUT2D eigenvalue weighted by Crippen LogP contribution is 2.56. The average molecular weight is 418 g/mol. The first kappa shape index (κ1) is 19.1. The standard InChI is InChI=1S/C26H31N3O2/c1-15-23-21(7-4-8-22(23)30)27-24(15)25(31)28-19-5-2-3-6-20(19)29-26-12-16-9-17(13-26)11-18(10-16)14-26/h2-3,5-6,16-18,27,29H,4,7-14H2,1H3,(H,28,31). The number of aryl methyl sites for hydroxylation is 1. The van der Waals surface area contributed by atoms with E-state index >= 15 is 0 Å². The molecule has 0 aliphatic heterocycles. The van der Waals surface area contributed by atoms with Crippen molar-refractivity contribution in [1.29, 1.82) is 0 Å². The number of amides is 1. The summed E-state index contributed by atoms with van der Waals surface area (Å²) >= 11 is 0. The molecule has 5 aliphatic carbocycles. The van der Waals surface area contributed by atoms with Crippen molar-refractivity contribution < 1.29 is 9.59 Å². The van der Waals surface area contributed by atoms with E-state index in [1.165, 1.54) is 38.5 Å². The molecule has 31 heavy (non-hydrogen) atoms. The van der Waals surface area contributed by atoms with Crippen molar-refractivity contribution in [2.45, 2.75) is 70.3 Å². The minimum atomic E-state index is -0.167. The summed E-state index contributed by atoms with van der Waals surface area (Å²) in [6.45, 7) is 1.88. The molecule has 3 N–H and O–H groups in total. The van der Waals surface area contributed by atoms with Gasteiger partial charge >= 0.3 is 0 Å². The number of rotatable bonds is 4. The topological polar surface area (TPSA) is 74.0 Å². The highest BCUT2D eigenvalue weighted by molar-refractivity contribution is 6.09. The second kappa shape index (κ2) is 6.98. The van der Waals surface area contributed by atoms with Crippen LogP contribution in [-0.4, -0.2) is 22.2 Å². The number of fused-ring (bicyclic) bond motifs is 1. The van der Waals surface area contributed by atoms with Gasteiger partial charge in [-0.1, -0.05) is 12.1 Å². The Balaban J connectivity index is 1.26. The Kier molecular flexibility index (Phi) is 4.31. The SMILES string of the molecule is Cc1c(C(=O)Nc2ccccc2NC23CC4CC(CC(C4)C2)C3)[nH]c2c1C(=O)CCC2. The molecular weight excluding hydrogens is 386 g/mol. The van der Waals surface area contributed by atoms with Gasteiger partial charge < -0.3 is 15.6 Å². The summed E-state index contributed by atoms with van der Waals surface area (Å²) in [5, 5.41) is 7.03. The van der Waals surface area contributed by atoms with Crippen LogP contribution in [0.25, 0.3) is 0 Å². The van der Waals surface area contributed by atoms with E-state index in [4.69, 9.17) is 0 Å². The number of aromatic nitrogens is 1. The highest BCUT2D eigenvalue weighted by atomic mass is 16.2. The molecule has 0 spiro atoms. The lowest BCUT2D eigenvalue weighted by atomic mass is 9.53. The molecule has 5 aliphatic rings. The summed E-state index contributed by atoms with van der Waals surface area (Å²) in [5.74, 6) is 2.58. The van der Waals surface area contributed by atoms with Crippen LogP contribution in [0.4, 0.5) is 11.4 Å². The number of hydrogen-bond donors (Lipinski definition) is 3. The Morgan fingerprint density at radius 2 is 1.65 bits per heavy atom. The number of carbonyl (C=O) groups excluding carboxylic acids is 2. The van der Waals surface area contributed by atoms with E-state index in [0.29, 0.717) is 12.1 Å². The molecule has 4 saturated carbocycles. The number of aromatic amines is 1. The molecule has 1 aromatic heterocycles. The third-order valence-electron chi connectivity index (χ3n) is 8.28. The zero-order valence-electron chi connectivity index (χ0n) is 18.2. The van der Waals surface area contributed by atoms with Gasteiger partial charge in [0.2, 0.25) is 0 Å². The lowest BCUT2D eigenvalue weighted by molar-refractivity contribution is 0.0107. The monoisotopic (exact) mass is 417 g/mol. The number of H-pyrrole nitrogens is 1. The van der Waals surface area contributed by atoms with Crippen molar-refractivity contribution in [3.63, 3.8) is 0 Å². The van der Waals surface area contributed by atoms with Gasteiger partial charge in [0, 0.05) is 23.2 Å². The Morgan fingerprint density at radius 3 is 2.29 bits per heavy atom. The van der Waals surface area contributed by atoms with Crippen LogP contribution in [0.1, 0.15) is 83.5 Å². The normalized spacial score (nSPS) is 30.9. The van der Waals surface area contributed by atoms with Crippen molar-refractivity contribution in [3.8, 4) is 0 Å². The maximum Gasteiger partial charge on any atom is 0.272 e. The van der Waals surface area contributed by atoms with E-state index in [0.717, 1.165) is 58.8 Å². The molecule has 0 saturated heterocycles. The maximum atomic E-state index is 13.2. The van der Waals surface area contributed by atoms with Crippen LogP contribution in [-0.2, 0) is 6.42 Å². The van der Waals surface area contributed by atoms with Crippen LogP contribution >= 0.6 is 0 Å². The molecule has 4 fully saturated rings. The molecule has 0 unspecified atom stereocenters. The van der Waals surface area contributed by atoms with Crippen LogP contribution in [0.5, 0.6) is 0 Å². The zero-order valence-corrected chi connectivity index (χ0v) is 18.2. The third-order valence-corrected chi connectivity index (χ3v) is 8.28. The summed E-state index contributed by atoms with van der Waals surface area (Å²) in [5.41, 5.74) is 4.97. The first-order chi connectivity index (χ1) is 15.0. The third kappa shape index (κ3) is 3.20. The molecule has 1 aromatic carbocycles. The Labute approximate surface area is 183 Å². The van der Waals surface area contributed by atoms with Crippen molar-refractivity contribution in [2.24, 2.45) is 17.8 Å². The molecule has 162 valence electrons. The van der Waals surface area contributed by atoms with Crippen LogP contribution in [0, 0.1) is 24.7 Å². The number of nitrogens with one attached hydrogen (secondary N) is 3. The van der Waals surface area contributed by atoms with Gasteiger partial charge in [-0.2, -0.15) is 0 Å². The number of ketones is 1. The van der Waals surface area contributed by atoms with Gasteiger partial charge in [0.05, 0.1) is 11.4 Å². The minimum Gasteiger partial charge on any atom is -0.378 e. The Bertz CT molecular complexity index is 1030. The molecular formula is C26H31N3O2. The Hall–Kier alpha value is -2.56. The molecule has 4 bridgehead atoms. The minimum absolute atomic E-state index is 0.151. The van der Waals surface area contributed by atoms with Gasteiger partial charge in [-0.25, -0.2) is 0 Å². The largest absolute Gasteiger partial charge is 0.378 e. The summed E-state index contributed by atoms with van der Waals surface area (Å²) in [4.78, 5) is 28.8. The molecule has 0 atom stereocenters. The fourth-order valence-electron chi connectivity index (χ4n) is 7.44.